The molecule has 1 fully saturated rings. The second-order valence-electron chi connectivity index (χ2n) is 8.37. The van der Waals surface area contributed by atoms with Crippen LogP contribution < -0.4 is 4.90 Å². The molecule has 11 heteroatoms. The van der Waals surface area contributed by atoms with Gasteiger partial charge in [0.15, 0.2) is 5.82 Å². The monoisotopic (exact) mass is 483 g/mol. The predicted molar refractivity (Wildman–Crippen MR) is 130 cm³/mol. The third kappa shape index (κ3) is 3.90. The standard InChI is InChI=1S/C25H22FN9O/c26-19-8-10-21(11-9-19)34-23(31-12-4-5-13-31)22(18-27-34)24(36)32-14-16-33(17-15-32)25-28-29-30-35(25)20-6-2-1-3-7-20/h1-13,18H,14-17H2. The van der Waals surface area contributed by atoms with Crippen LogP contribution in [-0.2, 0) is 0 Å². The first-order valence-electron chi connectivity index (χ1n) is 11.5. The van der Waals surface area contributed by atoms with Gasteiger partial charge in [0.05, 0.1) is 17.6 Å². The molecule has 0 bridgehead atoms. The molecule has 180 valence electrons. The minimum Gasteiger partial charge on any atom is -0.336 e. The van der Waals surface area contributed by atoms with Crippen molar-refractivity contribution in [1.82, 2.24) is 39.5 Å². The molecule has 1 aliphatic heterocycles. The second-order valence-corrected chi connectivity index (χ2v) is 8.37. The van der Waals surface area contributed by atoms with Crippen LogP contribution in [0, 0.1) is 5.82 Å². The van der Waals surface area contributed by atoms with Gasteiger partial charge in [0.25, 0.3) is 5.91 Å². The highest BCUT2D eigenvalue weighted by Gasteiger charge is 2.29. The average Bonchev–Trinajstić information content (AvgIpc) is 3.70. The summed E-state index contributed by atoms with van der Waals surface area (Å²) >= 11 is 0. The van der Waals surface area contributed by atoms with Crippen molar-refractivity contribution in [2.24, 2.45) is 0 Å². The quantitative estimate of drug-likeness (QED) is 0.382. The fraction of sp³-hybridized carbons (Fsp3) is 0.160. The number of hydrogen-bond donors (Lipinski definition) is 0. The van der Waals surface area contributed by atoms with Crippen LogP contribution in [0.5, 0.6) is 0 Å². The Morgan fingerprint density at radius 3 is 2.22 bits per heavy atom. The normalized spacial score (nSPS) is 13.8. The van der Waals surface area contributed by atoms with Gasteiger partial charge in [-0.05, 0) is 59.0 Å². The van der Waals surface area contributed by atoms with Crippen LogP contribution in [0.15, 0.2) is 85.3 Å². The summed E-state index contributed by atoms with van der Waals surface area (Å²) in [7, 11) is 0. The van der Waals surface area contributed by atoms with Gasteiger partial charge in [-0.25, -0.2) is 9.07 Å². The molecule has 6 rings (SSSR count). The van der Waals surface area contributed by atoms with Crippen LogP contribution in [0.1, 0.15) is 10.4 Å². The molecule has 4 heterocycles. The fourth-order valence-electron chi connectivity index (χ4n) is 4.38. The number of nitrogens with zero attached hydrogens (tertiary/aromatic N) is 9. The number of carbonyl (C=O) groups is 1. The third-order valence-electron chi connectivity index (χ3n) is 6.20. The lowest BCUT2D eigenvalue weighted by Crippen LogP contribution is -2.49. The molecular weight excluding hydrogens is 461 g/mol. The van der Waals surface area contributed by atoms with E-state index in [-0.39, 0.29) is 11.7 Å². The summed E-state index contributed by atoms with van der Waals surface area (Å²) in [5.41, 5.74) is 2.01. The Bertz CT molecular complexity index is 1470. The van der Waals surface area contributed by atoms with Gasteiger partial charge in [0.2, 0.25) is 5.95 Å². The summed E-state index contributed by atoms with van der Waals surface area (Å²) in [4.78, 5) is 17.5. The van der Waals surface area contributed by atoms with E-state index in [0.717, 1.165) is 5.69 Å². The van der Waals surface area contributed by atoms with Gasteiger partial charge in [-0.1, -0.05) is 23.3 Å². The van der Waals surface area contributed by atoms with Crippen LogP contribution in [0.25, 0.3) is 17.2 Å². The van der Waals surface area contributed by atoms with Crippen molar-refractivity contribution in [3.05, 3.63) is 96.7 Å². The van der Waals surface area contributed by atoms with Gasteiger partial charge in [-0.3, -0.25) is 4.79 Å². The lowest BCUT2D eigenvalue weighted by Gasteiger charge is -2.34. The maximum absolute atomic E-state index is 13.6. The highest BCUT2D eigenvalue weighted by atomic mass is 19.1. The van der Waals surface area contributed by atoms with Gasteiger partial charge in [-0.2, -0.15) is 9.78 Å². The zero-order valence-electron chi connectivity index (χ0n) is 19.2. The molecule has 0 spiro atoms. The molecule has 1 amide bonds. The van der Waals surface area contributed by atoms with E-state index in [4.69, 9.17) is 0 Å². The van der Waals surface area contributed by atoms with E-state index in [1.165, 1.54) is 12.1 Å². The smallest absolute Gasteiger partial charge is 0.259 e. The molecule has 1 aliphatic rings. The van der Waals surface area contributed by atoms with Crippen LogP contribution in [0.2, 0.25) is 0 Å². The summed E-state index contributed by atoms with van der Waals surface area (Å²) in [6.45, 7) is 2.19. The largest absolute Gasteiger partial charge is 0.336 e. The van der Waals surface area contributed by atoms with Gasteiger partial charge in [0, 0.05) is 38.6 Å². The average molecular weight is 484 g/mol. The van der Waals surface area contributed by atoms with E-state index in [1.54, 1.807) is 27.7 Å². The number of benzene rings is 2. The second kappa shape index (κ2) is 9.10. The number of halogens is 1. The van der Waals surface area contributed by atoms with Crippen molar-refractivity contribution in [2.45, 2.75) is 0 Å². The Kier molecular flexibility index (Phi) is 5.49. The third-order valence-corrected chi connectivity index (χ3v) is 6.20. The number of para-hydroxylation sites is 1. The Morgan fingerprint density at radius 2 is 1.50 bits per heavy atom. The van der Waals surface area contributed by atoms with Crippen LogP contribution in [0.3, 0.4) is 0 Å². The molecule has 0 radical (unpaired) electrons. The molecule has 2 aromatic carbocycles. The van der Waals surface area contributed by atoms with Gasteiger partial charge >= 0.3 is 0 Å². The number of tetrazole rings is 1. The molecule has 36 heavy (non-hydrogen) atoms. The zero-order valence-corrected chi connectivity index (χ0v) is 19.2. The van der Waals surface area contributed by atoms with Crippen molar-refractivity contribution in [3.63, 3.8) is 0 Å². The molecule has 0 saturated carbocycles. The van der Waals surface area contributed by atoms with E-state index in [2.05, 4.69) is 25.5 Å². The van der Waals surface area contributed by atoms with Crippen molar-refractivity contribution in [3.8, 4) is 17.2 Å². The highest BCUT2D eigenvalue weighted by Crippen LogP contribution is 2.23. The Balaban J connectivity index is 1.24. The molecule has 3 aromatic heterocycles. The Morgan fingerprint density at radius 1 is 0.806 bits per heavy atom. The lowest BCUT2D eigenvalue weighted by molar-refractivity contribution is 0.0746. The highest BCUT2D eigenvalue weighted by molar-refractivity contribution is 5.97. The van der Waals surface area contributed by atoms with Crippen molar-refractivity contribution >= 4 is 11.9 Å². The van der Waals surface area contributed by atoms with Crippen molar-refractivity contribution < 1.29 is 9.18 Å². The van der Waals surface area contributed by atoms with Crippen molar-refractivity contribution in [2.75, 3.05) is 31.1 Å². The number of carbonyl (C=O) groups excluding carboxylic acids is 1. The van der Waals surface area contributed by atoms with Gasteiger partial charge in [-0.15, -0.1) is 0 Å². The van der Waals surface area contributed by atoms with Gasteiger partial charge < -0.3 is 14.4 Å². The minimum absolute atomic E-state index is 0.116. The van der Waals surface area contributed by atoms with E-state index < -0.39 is 0 Å². The maximum atomic E-state index is 13.6. The van der Waals surface area contributed by atoms with Crippen LogP contribution in [-0.4, -0.2) is 71.5 Å². The number of rotatable bonds is 5. The number of aromatic nitrogens is 7. The minimum atomic E-state index is -0.333. The molecule has 10 nitrogen and oxygen atoms in total. The zero-order chi connectivity index (χ0) is 24.5. The first kappa shape index (κ1) is 21.7. The molecule has 0 aliphatic carbocycles. The number of piperazine rings is 1. The van der Waals surface area contributed by atoms with E-state index in [9.17, 15) is 9.18 Å². The molecule has 5 aromatic rings. The van der Waals surface area contributed by atoms with Crippen LogP contribution >= 0.6 is 0 Å². The molecular formula is C25H22FN9O. The predicted octanol–water partition coefficient (Wildman–Crippen LogP) is 2.74. The molecule has 0 N–H and O–H groups in total. The van der Waals surface area contributed by atoms with E-state index in [0.29, 0.717) is 49.2 Å². The SMILES string of the molecule is O=C(c1cnn(-c2ccc(F)cc2)c1-n1cccc1)N1CCN(c2nnnn2-c2ccccc2)CC1. The first-order valence-corrected chi connectivity index (χ1v) is 11.5. The van der Waals surface area contributed by atoms with Crippen LogP contribution in [0.4, 0.5) is 10.3 Å². The number of hydrogen-bond acceptors (Lipinski definition) is 6. The first-order chi connectivity index (χ1) is 17.7. The summed E-state index contributed by atoms with van der Waals surface area (Å²) in [6, 6.07) is 19.5. The Hall–Kier alpha value is -4.80. The maximum Gasteiger partial charge on any atom is 0.259 e. The summed E-state index contributed by atoms with van der Waals surface area (Å²) in [5, 5.41) is 16.7. The molecule has 0 atom stereocenters. The molecule has 0 unspecified atom stereocenters. The summed E-state index contributed by atoms with van der Waals surface area (Å²) < 4.78 is 18.7. The molecule has 1 saturated heterocycles. The summed E-state index contributed by atoms with van der Waals surface area (Å²) in [5.74, 6) is 0.799. The Labute approximate surface area is 205 Å². The number of anilines is 1. The lowest BCUT2D eigenvalue weighted by atomic mass is 10.2. The summed E-state index contributed by atoms with van der Waals surface area (Å²) in [6.07, 6.45) is 5.29. The van der Waals surface area contributed by atoms with Gasteiger partial charge in [0.1, 0.15) is 11.4 Å². The van der Waals surface area contributed by atoms with E-state index >= 15 is 0 Å². The number of amides is 1. The van der Waals surface area contributed by atoms with Crippen molar-refractivity contribution in [1.29, 1.82) is 0 Å². The van der Waals surface area contributed by atoms with E-state index in [1.807, 2.05) is 64.3 Å². The fourth-order valence-corrected chi connectivity index (χ4v) is 4.38. The topological polar surface area (TPSA) is 89.9 Å².